The van der Waals surface area contributed by atoms with E-state index >= 15 is 0 Å². The predicted molar refractivity (Wildman–Crippen MR) is 70.1 cm³/mol. The molecule has 17 heavy (non-hydrogen) atoms. The van der Waals surface area contributed by atoms with Crippen LogP contribution in [0.1, 0.15) is 23.2 Å². The van der Waals surface area contributed by atoms with Crippen molar-refractivity contribution in [2.45, 2.75) is 18.9 Å². The van der Waals surface area contributed by atoms with Crippen molar-refractivity contribution in [3.8, 4) is 0 Å². The largest absolute Gasteiger partial charge is 0.392 e. The van der Waals surface area contributed by atoms with Crippen LogP contribution in [-0.4, -0.2) is 33.4 Å². The van der Waals surface area contributed by atoms with Crippen molar-refractivity contribution in [1.29, 1.82) is 0 Å². The highest BCUT2D eigenvalue weighted by atomic mass is 35.5. The van der Waals surface area contributed by atoms with Gasteiger partial charge >= 0.3 is 0 Å². The highest BCUT2D eigenvalue weighted by Gasteiger charge is 2.31. The Morgan fingerprint density at radius 1 is 1.65 bits per heavy atom. The minimum Gasteiger partial charge on any atom is -0.392 e. The normalized spacial score (nSPS) is 19.4. The Morgan fingerprint density at radius 2 is 2.41 bits per heavy atom. The van der Waals surface area contributed by atoms with Gasteiger partial charge in [-0.15, -0.1) is 0 Å². The van der Waals surface area contributed by atoms with Crippen LogP contribution in [0.2, 0.25) is 5.02 Å². The van der Waals surface area contributed by atoms with Gasteiger partial charge in [0.25, 0.3) is 5.91 Å². The molecular weight excluding hydrogens is 258 g/mol. The lowest BCUT2D eigenvalue weighted by atomic mass is 10.2. The number of aromatic nitrogens is 1. The van der Waals surface area contributed by atoms with Crippen LogP contribution in [0.5, 0.6) is 0 Å². The minimum absolute atomic E-state index is 0.132. The number of carbonyl (C=O) groups is 1. The molecule has 0 spiro atoms. The molecule has 4 nitrogen and oxygen atoms in total. The van der Waals surface area contributed by atoms with Gasteiger partial charge in [-0.25, -0.2) is 0 Å². The summed E-state index contributed by atoms with van der Waals surface area (Å²) in [5, 5.41) is 0.353. The van der Waals surface area contributed by atoms with E-state index in [0.29, 0.717) is 22.1 Å². The maximum atomic E-state index is 12.3. The van der Waals surface area contributed by atoms with E-state index in [9.17, 15) is 4.79 Å². The van der Waals surface area contributed by atoms with Gasteiger partial charge in [0.1, 0.15) is 0 Å². The molecule has 0 aliphatic carbocycles. The molecule has 6 heteroatoms. The van der Waals surface area contributed by atoms with Crippen LogP contribution >= 0.6 is 23.8 Å². The first-order chi connectivity index (χ1) is 8.11. The molecule has 1 aliphatic rings. The van der Waals surface area contributed by atoms with Gasteiger partial charge in [0.2, 0.25) is 0 Å². The zero-order valence-corrected chi connectivity index (χ0v) is 10.7. The molecular formula is C11H12ClN3OS. The second kappa shape index (κ2) is 4.98. The van der Waals surface area contributed by atoms with Crippen molar-refractivity contribution < 1.29 is 4.79 Å². The summed E-state index contributed by atoms with van der Waals surface area (Å²) >= 11 is 10.9. The van der Waals surface area contributed by atoms with Gasteiger partial charge in [-0.1, -0.05) is 23.8 Å². The van der Waals surface area contributed by atoms with Crippen LogP contribution in [0.25, 0.3) is 0 Å². The van der Waals surface area contributed by atoms with Crippen LogP contribution in [0.4, 0.5) is 0 Å². The summed E-state index contributed by atoms with van der Waals surface area (Å²) in [4.78, 5) is 18.2. The molecule has 0 radical (unpaired) electrons. The average molecular weight is 270 g/mol. The summed E-state index contributed by atoms with van der Waals surface area (Å²) in [6.45, 7) is 0.666. The third-order valence-corrected chi connectivity index (χ3v) is 3.42. The minimum atomic E-state index is -0.151. The molecule has 0 bridgehead atoms. The Bertz CT molecular complexity index is 466. The fourth-order valence-corrected chi connectivity index (χ4v) is 2.45. The summed E-state index contributed by atoms with van der Waals surface area (Å²) in [7, 11) is 0. The zero-order chi connectivity index (χ0) is 12.4. The molecule has 1 aliphatic heterocycles. The van der Waals surface area contributed by atoms with E-state index in [1.165, 1.54) is 6.20 Å². The molecule has 1 atom stereocenters. The first-order valence-electron chi connectivity index (χ1n) is 5.31. The van der Waals surface area contributed by atoms with Crippen LogP contribution in [0, 0.1) is 0 Å². The van der Waals surface area contributed by atoms with E-state index in [1.54, 1.807) is 17.2 Å². The summed E-state index contributed by atoms with van der Waals surface area (Å²) in [6, 6.07) is 1.46. The number of nitrogens with zero attached hydrogens (tertiary/aromatic N) is 2. The molecule has 1 fully saturated rings. The average Bonchev–Trinajstić information content (AvgIpc) is 2.77. The molecule has 0 aromatic carbocycles. The third-order valence-electron chi connectivity index (χ3n) is 2.84. The van der Waals surface area contributed by atoms with Gasteiger partial charge in [-0.2, -0.15) is 0 Å². The summed E-state index contributed by atoms with van der Waals surface area (Å²) in [6.07, 6.45) is 4.74. The number of hydrogen-bond donors (Lipinski definition) is 1. The highest BCUT2D eigenvalue weighted by Crippen LogP contribution is 2.23. The van der Waals surface area contributed by atoms with Crippen molar-refractivity contribution in [3.63, 3.8) is 0 Å². The monoisotopic (exact) mass is 269 g/mol. The van der Waals surface area contributed by atoms with Crippen molar-refractivity contribution in [2.75, 3.05) is 6.54 Å². The summed E-state index contributed by atoms with van der Waals surface area (Å²) < 4.78 is 0. The first-order valence-corrected chi connectivity index (χ1v) is 6.09. The number of nitrogens with two attached hydrogens (primary N) is 1. The molecule has 1 aromatic rings. The topological polar surface area (TPSA) is 59.2 Å². The van der Waals surface area contributed by atoms with Gasteiger partial charge in [0.05, 0.1) is 21.6 Å². The maximum Gasteiger partial charge on any atom is 0.256 e. The lowest BCUT2D eigenvalue weighted by Gasteiger charge is -2.24. The number of amides is 1. The van der Waals surface area contributed by atoms with Crippen LogP contribution in [-0.2, 0) is 0 Å². The second-order valence-corrected chi connectivity index (χ2v) is 4.79. The fourth-order valence-electron chi connectivity index (χ4n) is 2.01. The third kappa shape index (κ3) is 2.40. The lowest BCUT2D eigenvalue weighted by molar-refractivity contribution is 0.0770. The van der Waals surface area contributed by atoms with Gasteiger partial charge in [-0.3, -0.25) is 9.78 Å². The van der Waals surface area contributed by atoms with E-state index in [0.717, 1.165) is 12.8 Å². The van der Waals surface area contributed by atoms with E-state index in [2.05, 4.69) is 4.98 Å². The molecule has 2 heterocycles. The van der Waals surface area contributed by atoms with E-state index in [4.69, 9.17) is 29.6 Å². The number of thiocarbonyl (C=S) groups is 1. The highest BCUT2D eigenvalue weighted by molar-refractivity contribution is 7.80. The number of likely N-dealkylation sites (tertiary alicyclic amines) is 1. The van der Waals surface area contributed by atoms with Gasteiger partial charge < -0.3 is 10.6 Å². The molecule has 1 unspecified atom stereocenters. The number of pyridine rings is 1. The predicted octanol–water partition coefficient (Wildman–Crippen LogP) is 1.63. The number of rotatable bonds is 2. The Hall–Kier alpha value is -1.20. The number of hydrogen-bond acceptors (Lipinski definition) is 3. The van der Waals surface area contributed by atoms with Crippen molar-refractivity contribution in [2.24, 2.45) is 5.73 Å². The van der Waals surface area contributed by atoms with E-state index in [1.807, 2.05) is 0 Å². The van der Waals surface area contributed by atoms with Gasteiger partial charge in [0.15, 0.2) is 0 Å². The SMILES string of the molecule is NC(=S)C1CCCN1C(=O)c1ccncc1Cl. The van der Waals surface area contributed by atoms with Gasteiger partial charge in [-0.05, 0) is 18.9 Å². The molecule has 1 saturated heterocycles. The molecule has 1 amide bonds. The van der Waals surface area contributed by atoms with Crippen LogP contribution in [0.3, 0.4) is 0 Å². The van der Waals surface area contributed by atoms with Crippen molar-refractivity contribution in [3.05, 3.63) is 29.0 Å². The standard InChI is InChI=1S/C11H12ClN3OS/c12-8-6-14-4-3-7(8)11(16)15-5-1-2-9(15)10(13)17/h3-4,6,9H,1-2,5H2,(H2,13,17). The maximum absolute atomic E-state index is 12.3. The van der Waals surface area contributed by atoms with E-state index < -0.39 is 0 Å². The fraction of sp³-hybridized carbons (Fsp3) is 0.364. The second-order valence-electron chi connectivity index (χ2n) is 3.91. The van der Waals surface area contributed by atoms with Gasteiger partial charge in [0, 0.05) is 18.9 Å². The molecule has 2 rings (SSSR count). The Kier molecular flexibility index (Phi) is 3.59. The zero-order valence-electron chi connectivity index (χ0n) is 9.10. The van der Waals surface area contributed by atoms with E-state index in [-0.39, 0.29) is 11.9 Å². The first kappa shape index (κ1) is 12.3. The Labute approximate surface area is 110 Å². The molecule has 1 aromatic heterocycles. The number of carbonyl (C=O) groups excluding carboxylic acids is 1. The van der Waals surface area contributed by atoms with Crippen molar-refractivity contribution >= 4 is 34.7 Å². The smallest absolute Gasteiger partial charge is 0.256 e. The van der Waals surface area contributed by atoms with Crippen molar-refractivity contribution in [1.82, 2.24) is 9.88 Å². The lowest BCUT2D eigenvalue weighted by Crippen LogP contribution is -2.42. The molecule has 2 N–H and O–H groups in total. The Balaban J connectivity index is 2.26. The Morgan fingerprint density at radius 3 is 3.06 bits per heavy atom. The number of halogens is 1. The van der Waals surface area contributed by atoms with Crippen LogP contribution < -0.4 is 5.73 Å². The molecule has 0 saturated carbocycles. The summed E-state index contributed by atoms with van der Waals surface area (Å²) in [5.74, 6) is -0.132. The summed E-state index contributed by atoms with van der Waals surface area (Å²) in [5.41, 5.74) is 6.08. The quantitative estimate of drug-likeness (QED) is 0.829. The van der Waals surface area contributed by atoms with Crippen LogP contribution in [0.15, 0.2) is 18.5 Å². The molecule has 90 valence electrons.